The Morgan fingerprint density at radius 1 is 0.981 bits per heavy atom. The Balaban J connectivity index is 0.747. The smallest absolute Gasteiger partial charge is 0.252 e. The van der Waals surface area contributed by atoms with Crippen molar-refractivity contribution in [2.45, 2.75) is 110 Å². The van der Waals surface area contributed by atoms with E-state index in [0.717, 1.165) is 64.8 Å². The van der Waals surface area contributed by atoms with Crippen molar-refractivity contribution in [1.29, 1.82) is 0 Å². The van der Waals surface area contributed by atoms with E-state index in [1.807, 2.05) is 24.3 Å². The standard InChI is InChI=1S/C43H56FN3O5/c1-42-16-12-30(48)22-28(42)8-9-31-34-10-11-37(43(34,2)17-13-35(31)42)52-20-3-19-51-21-15-38(49)46-25-26-4-6-27(7-5-26)40-32-14-18-45-41(50)33-23-29(44)24-36(47-40)39(32)33/h4-7,23-24,28,30-31,34-35,37,47-48H,3,8-22,25H2,1-2H3,(H,45,50)(H,46,49)/t28-,30?,31-,34-,35-,37-,42-,43-/m0/s1. The number of aromatic nitrogens is 1. The second kappa shape index (κ2) is 14.5. The zero-order chi connectivity index (χ0) is 36.0. The van der Waals surface area contributed by atoms with Gasteiger partial charge in [-0.3, -0.25) is 9.59 Å². The number of aromatic amines is 1. The van der Waals surface area contributed by atoms with E-state index < -0.39 is 5.82 Å². The van der Waals surface area contributed by atoms with Crippen LogP contribution in [-0.2, 0) is 27.2 Å². The molecule has 9 heteroatoms. The number of benzene rings is 2. The molecule has 0 saturated heterocycles. The van der Waals surface area contributed by atoms with E-state index in [1.54, 1.807) is 0 Å². The second-order valence-electron chi connectivity index (χ2n) is 17.1. The monoisotopic (exact) mass is 713 g/mol. The molecular formula is C43H56FN3O5. The Bertz CT molecular complexity index is 1790. The van der Waals surface area contributed by atoms with Gasteiger partial charge in [0.2, 0.25) is 5.91 Å². The van der Waals surface area contributed by atoms with Gasteiger partial charge >= 0.3 is 0 Å². The van der Waals surface area contributed by atoms with Crippen LogP contribution >= 0.6 is 0 Å². The van der Waals surface area contributed by atoms with Gasteiger partial charge in [-0.15, -0.1) is 0 Å². The van der Waals surface area contributed by atoms with Crippen LogP contribution < -0.4 is 10.6 Å². The number of hydrogen-bond donors (Lipinski definition) is 4. The molecule has 2 heterocycles. The molecule has 52 heavy (non-hydrogen) atoms. The Kier molecular flexibility index (Phi) is 9.98. The number of carbonyl (C=O) groups is 2. The lowest BCUT2D eigenvalue weighted by Crippen LogP contribution is -2.54. The van der Waals surface area contributed by atoms with Crippen molar-refractivity contribution in [2.75, 3.05) is 26.4 Å². The highest BCUT2D eigenvalue weighted by atomic mass is 19.1. The SMILES string of the molecule is C[C@]12CCC(O)C[C@@H]1CC[C@@H]1[C@@H]2CC[C@]2(C)[C@@H](OCCCOCCC(=O)NCc3ccc(-c4[nH]c5cc(F)cc6c5c4CCNC6=O)cc3)CC[C@@H]12. The molecule has 8 atom stereocenters. The molecule has 4 fully saturated rings. The number of nitrogens with one attached hydrogen (secondary N) is 3. The van der Waals surface area contributed by atoms with E-state index in [2.05, 4.69) is 29.5 Å². The topological polar surface area (TPSA) is 113 Å². The zero-order valence-electron chi connectivity index (χ0n) is 30.9. The summed E-state index contributed by atoms with van der Waals surface area (Å²) in [6, 6.07) is 10.7. The van der Waals surface area contributed by atoms with Gasteiger partial charge in [-0.1, -0.05) is 38.1 Å². The number of rotatable bonds is 11. The maximum atomic E-state index is 14.3. The van der Waals surface area contributed by atoms with Crippen LogP contribution in [0.5, 0.6) is 0 Å². The molecule has 0 spiro atoms. The average Bonchev–Trinajstić information content (AvgIpc) is 3.61. The molecule has 1 aromatic heterocycles. The maximum absolute atomic E-state index is 14.3. The number of aliphatic hydroxyl groups is 1. The van der Waals surface area contributed by atoms with E-state index in [-0.39, 0.29) is 23.3 Å². The second-order valence-corrected chi connectivity index (χ2v) is 17.1. The fourth-order valence-electron chi connectivity index (χ4n) is 11.6. The summed E-state index contributed by atoms with van der Waals surface area (Å²) in [7, 11) is 0. The van der Waals surface area contributed by atoms with Gasteiger partial charge in [0.1, 0.15) is 5.82 Å². The predicted octanol–water partition coefficient (Wildman–Crippen LogP) is 7.46. The normalized spacial score (nSPS) is 32.4. The first-order valence-corrected chi connectivity index (χ1v) is 20.0. The molecule has 4 saturated carbocycles. The number of halogens is 1. The summed E-state index contributed by atoms with van der Waals surface area (Å²) in [6.45, 7) is 7.66. The van der Waals surface area contributed by atoms with Gasteiger partial charge in [-0.05, 0) is 134 Å². The van der Waals surface area contributed by atoms with Crippen LogP contribution in [0.1, 0.15) is 106 Å². The van der Waals surface area contributed by atoms with E-state index >= 15 is 0 Å². The van der Waals surface area contributed by atoms with E-state index in [1.165, 1.54) is 57.1 Å². The summed E-state index contributed by atoms with van der Waals surface area (Å²) in [5, 5.41) is 17.0. The highest BCUT2D eigenvalue weighted by Crippen LogP contribution is 2.66. The summed E-state index contributed by atoms with van der Waals surface area (Å²) in [5.74, 6) is 2.35. The minimum Gasteiger partial charge on any atom is -0.393 e. The molecule has 0 bridgehead atoms. The third-order valence-electron chi connectivity index (χ3n) is 14.4. The fourth-order valence-corrected chi connectivity index (χ4v) is 11.6. The molecule has 1 unspecified atom stereocenters. The van der Waals surface area contributed by atoms with Crippen molar-refractivity contribution in [1.82, 2.24) is 15.6 Å². The summed E-state index contributed by atoms with van der Waals surface area (Å²) in [5.41, 5.74) is 5.50. The first-order valence-electron chi connectivity index (χ1n) is 20.0. The van der Waals surface area contributed by atoms with Crippen molar-refractivity contribution in [3.63, 3.8) is 0 Å². The van der Waals surface area contributed by atoms with Gasteiger partial charge in [0, 0.05) is 49.3 Å². The Labute approximate surface area is 307 Å². The van der Waals surface area contributed by atoms with E-state index in [9.17, 15) is 19.1 Å². The molecule has 1 aliphatic heterocycles. The zero-order valence-corrected chi connectivity index (χ0v) is 30.9. The lowest BCUT2D eigenvalue weighted by molar-refractivity contribution is -0.141. The molecular weight excluding hydrogens is 657 g/mol. The van der Waals surface area contributed by atoms with Gasteiger partial charge in [-0.25, -0.2) is 4.39 Å². The van der Waals surface area contributed by atoms with Gasteiger partial charge in [0.25, 0.3) is 5.91 Å². The molecule has 5 aliphatic rings. The third kappa shape index (κ3) is 6.59. The number of ether oxygens (including phenoxy) is 2. The van der Waals surface area contributed by atoms with Crippen LogP contribution in [0, 0.1) is 40.3 Å². The number of aliphatic hydroxyl groups excluding tert-OH is 1. The van der Waals surface area contributed by atoms with Crippen molar-refractivity contribution >= 4 is 22.7 Å². The maximum Gasteiger partial charge on any atom is 0.252 e. The fraction of sp³-hybridized carbons (Fsp3) is 0.628. The summed E-state index contributed by atoms with van der Waals surface area (Å²) >= 11 is 0. The van der Waals surface area contributed by atoms with Crippen LogP contribution in [0.3, 0.4) is 0 Å². The number of fused-ring (bicyclic) bond motifs is 5. The molecule has 3 aromatic rings. The van der Waals surface area contributed by atoms with Gasteiger partial charge in [0.15, 0.2) is 0 Å². The lowest BCUT2D eigenvalue weighted by atomic mass is 9.45. The minimum atomic E-state index is -0.442. The number of hydrogen-bond acceptors (Lipinski definition) is 5. The van der Waals surface area contributed by atoms with Crippen molar-refractivity contribution in [3.05, 3.63) is 58.9 Å². The first kappa shape index (κ1) is 35.7. The van der Waals surface area contributed by atoms with Gasteiger partial charge < -0.3 is 30.2 Å². The predicted molar refractivity (Wildman–Crippen MR) is 199 cm³/mol. The first-order chi connectivity index (χ1) is 25.1. The molecule has 0 radical (unpaired) electrons. The molecule has 8 rings (SSSR count). The number of H-pyrrole nitrogens is 1. The highest BCUT2D eigenvalue weighted by Gasteiger charge is 2.60. The summed E-state index contributed by atoms with van der Waals surface area (Å²) < 4.78 is 26.7. The van der Waals surface area contributed by atoms with Crippen LogP contribution in [-0.4, -0.2) is 60.5 Å². The number of carbonyl (C=O) groups excluding carboxylic acids is 2. The molecule has 4 N–H and O–H groups in total. The molecule has 2 amide bonds. The lowest BCUT2D eigenvalue weighted by Gasteiger charge is -2.60. The van der Waals surface area contributed by atoms with Crippen molar-refractivity contribution < 1.29 is 28.6 Å². The molecule has 2 aromatic carbocycles. The Hall–Kier alpha value is -3.27. The summed E-state index contributed by atoms with van der Waals surface area (Å²) in [4.78, 5) is 28.4. The van der Waals surface area contributed by atoms with Gasteiger partial charge in [-0.2, -0.15) is 0 Å². The number of amides is 2. The van der Waals surface area contributed by atoms with Crippen LogP contribution in [0.4, 0.5) is 4.39 Å². The van der Waals surface area contributed by atoms with E-state index in [4.69, 9.17) is 9.47 Å². The highest BCUT2D eigenvalue weighted by molar-refractivity contribution is 6.10. The molecule has 280 valence electrons. The molecule has 8 nitrogen and oxygen atoms in total. The Morgan fingerprint density at radius 3 is 2.63 bits per heavy atom. The third-order valence-corrected chi connectivity index (χ3v) is 14.4. The quantitative estimate of drug-likeness (QED) is 0.154. The van der Waals surface area contributed by atoms with Crippen molar-refractivity contribution in [2.24, 2.45) is 34.5 Å². The van der Waals surface area contributed by atoms with Crippen LogP contribution in [0.2, 0.25) is 0 Å². The average molecular weight is 714 g/mol. The van der Waals surface area contributed by atoms with Crippen molar-refractivity contribution in [3.8, 4) is 11.3 Å². The molecule has 4 aliphatic carbocycles. The summed E-state index contributed by atoms with van der Waals surface area (Å²) in [6.07, 6.45) is 12.9. The van der Waals surface area contributed by atoms with Crippen LogP contribution in [0.15, 0.2) is 36.4 Å². The van der Waals surface area contributed by atoms with Gasteiger partial charge in [0.05, 0.1) is 24.4 Å². The Morgan fingerprint density at radius 2 is 1.79 bits per heavy atom. The largest absolute Gasteiger partial charge is 0.393 e. The minimum absolute atomic E-state index is 0.0452. The van der Waals surface area contributed by atoms with Crippen LogP contribution in [0.25, 0.3) is 22.2 Å². The van der Waals surface area contributed by atoms with E-state index in [0.29, 0.717) is 74.3 Å².